The number of rotatable bonds is 8. The second-order valence-corrected chi connectivity index (χ2v) is 8.83. The number of carbonyl (C=O) groups is 1. The van der Waals surface area contributed by atoms with Crippen molar-refractivity contribution in [3.8, 4) is 11.5 Å². The standard InChI is InChI=1S/C28H25Cl2N3O3/c1-3-5-18-10-11-20(31)14-21(18)28(34)32-16-36-24-13-12-23(29)22(26(24)30)15-35-25-7-4-6-19-9-8-17(2)33-27(19)25/h3-14H,15-16,31H2,1-2H3,(H,32,34). The number of ether oxygens (including phenoxy) is 2. The zero-order chi connectivity index (χ0) is 25.7. The number of amides is 1. The van der Waals surface area contributed by atoms with Crippen molar-refractivity contribution < 1.29 is 14.3 Å². The molecule has 4 rings (SSSR count). The average molecular weight is 522 g/mol. The highest BCUT2D eigenvalue weighted by molar-refractivity contribution is 6.36. The lowest BCUT2D eigenvalue weighted by Crippen LogP contribution is -2.28. The van der Waals surface area contributed by atoms with Crippen LogP contribution in [0.5, 0.6) is 11.5 Å². The van der Waals surface area contributed by atoms with Gasteiger partial charge in [0.2, 0.25) is 0 Å². The molecule has 0 aliphatic carbocycles. The summed E-state index contributed by atoms with van der Waals surface area (Å²) in [6, 6.07) is 18.2. The minimum absolute atomic E-state index is 0.100. The molecule has 0 bridgehead atoms. The molecule has 0 saturated carbocycles. The average Bonchev–Trinajstić information content (AvgIpc) is 2.86. The summed E-state index contributed by atoms with van der Waals surface area (Å²) in [5.74, 6) is 0.678. The molecule has 36 heavy (non-hydrogen) atoms. The Labute approximate surface area is 219 Å². The molecule has 0 aliphatic heterocycles. The number of hydrogen-bond donors (Lipinski definition) is 2. The Morgan fingerprint density at radius 2 is 1.89 bits per heavy atom. The summed E-state index contributed by atoms with van der Waals surface area (Å²) in [5.41, 5.74) is 9.78. The fourth-order valence-electron chi connectivity index (χ4n) is 3.67. The van der Waals surface area contributed by atoms with Gasteiger partial charge in [-0.25, -0.2) is 4.98 Å². The third-order valence-electron chi connectivity index (χ3n) is 5.47. The second kappa shape index (κ2) is 11.3. The van der Waals surface area contributed by atoms with Crippen LogP contribution in [-0.4, -0.2) is 17.6 Å². The number of nitrogens with two attached hydrogens (primary N) is 1. The maximum Gasteiger partial charge on any atom is 0.254 e. The molecule has 0 saturated heterocycles. The predicted molar refractivity (Wildman–Crippen MR) is 146 cm³/mol. The van der Waals surface area contributed by atoms with Crippen LogP contribution in [0.15, 0.2) is 66.7 Å². The number of para-hydroxylation sites is 1. The monoisotopic (exact) mass is 521 g/mol. The van der Waals surface area contributed by atoms with E-state index in [0.717, 1.165) is 22.2 Å². The SMILES string of the molecule is CC=Cc1ccc(N)cc1C(=O)NCOc1ccc(Cl)c(COc2cccc3ccc(C)nc23)c1Cl. The highest BCUT2D eigenvalue weighted by Crippen LogP contribution is 2.35. The smallest absolute Gasteiger partial charge is 0.254 e. The fraction of sp³-hybridized carbons (Fsp3) is 0.143. The Kier molecular flexibility index (Phi) is 7.98. The molecule has 3 N–H and O–H groups in total. The molecule has 1 aromatic heterocycles. The largest absolute Gasteiger partial charge is 0.487 e. The molecule has 0 spiro atoms. The number of nitrogens with one attached hydrogen (secondary N) is 1. The number of halogens is 2. The summed E-state index contributed by atoms with van der Waals surface area (Å²) in [6.07, 6.45) is 3.69. The molecule has 0 fully saturated rings. The van der Waals surface area contributed by atoms with Gasteiger partial charge in [-0.05, 0) is 55.8 Å². The summed E-state index contributed by atoms with van der Waals surface area (Å²) in [4.78, 5) is 17.3. The van der Waals surface area contributed by atoms with Gasteiger partial charge in [0, 0.05) is 32.9 Å². The van der Waals surface area contributed by atoms with E-state index in [1.54, 1.807) is 30.3 Å². The topological polar surface area (TPSA) is 86.5 Å². The van der Waals surface area contributed by atoms with Gasteiger partial charge in [0.25, 0.3) is 5.91 Å². The summed E-state index contributed by atoms with van der Waals surface area (Å²) in [6.45, 7) is 3.82. The number of fused-ring (bicyclic) bond motifs is 1. The van der Waals surface area contributed by atoms with E-state index in [2.05, 4.69) is 10.3 Å². The van der Waals surface area contributed by atoms with Crippen LogP contribution in [0.1, 0.15) is 34.1 Å². The normalized spacial score (nSPS) is 11.1. The van der Waals surface area contributed by atoms with Crippen LogP contribution in [0.3, 0.4) is 0 Å². The van der Waals surface area contributed by atoms with E-state index in [-0.39, 0.29) is 19.2 Å². The van der Waals surface area contributed by atoms with Gasteiger partial charge in [-0.1, -0.05) is 59.6 Å². The van der Waals surface area contributed by atoms with E-state index in [4.69, 9.17) is 38.4 Å². The number of nitrogens with zero attached hydrogens (tertiary/aromatic N) is 1. The molecule has 4 aromatic rings. The van der Waals surface area contributed by atoms with Crippen molar-refractivity contribution in [3.63, 3.8) is 0 Å². The summed E-state index contributed by atoms with van der Waals surface area (Å²) in [5, 5.41) is 4.46. The van der Waals surface area contributed by atoms with Crippen molar-refractivity contribution in [1.29, 1.82) is 0 Å². The number of nitrogen functional groups attached to an aromatic ring is 1. The third kappa shape index (κ3) is 5.73. The molecular weight excluding hydrogens is 497 g/mol. The van der Waals surface area contributed by atoms with Gasteiger partial charge in [-0.3, -0.25) is 4.79 Å². The van der Waals surface area contributed by atoms with Crippen molar-refractivity contribution in [2.45, 2.75) is 20.5 Å². The molecule has 0 radical (unpaired) electrons. The quantitative estimate of drug-likeness (QED) is 0.196. The van der Waals surface area contributed by atoms with E-state index >= 15 is 0 Å². The van der Waals surface area contributed by atoms with E-state index in [1.807, 2.05) is 56.3 Å². The summed E-state index contributed by atoms with van der Waals surface area (Å²) >= 11 is 13.0. The maximum absolute atomic E-state index is 12.7. The molecule has 0 atom stereocenters. The Bertz CT molecular complexity index is 1450. The van der Waals surface area contributed by atoms with Gasteiger partial charge < -0.3 is 20.5 Å². The van der Waals surface area contributed by atoms with Crippen molar-refractivity contribution in [2.24, 2.45) is 0 Å². The van der Waals surface area contributed by atoms with E-state index in [9.17, 15) is 4.79 Å². The molecule has 6 nitrogen and oxygen atoms in total. The number of hydrogen-bond acceptors (Lipinski definition) is 5. The highest BCUT2D eigenvalue weighted by Gasteiger charge is 2.15. The molecule has 1 heterocycles. The van der Waals surface area contributed by atoms with E-state index < -0.39 is 0 Å². The number of aryl methyl sites for hydroxylation is 1. The lowest BCUT2D eigenvalue weighted by Gasteiger charge is -2.15. The Hall–Kier alpha value is -3.74. The molecular formula is C28H25Cl2N3O3. The summed E-state index contributed by atoms with van der Waals surface area (Å²) in [7, 11) is 0. The van der Waals surface area contributed by atoms with Gasteiger partial charge >= 0.3 is 0 Å². The zero-order valence-electron chi connectivity index (χ0n) is 19.8. The number of allylic oxidation sites excluding steroid dienone is 1. The minimum Gasteiger partial charge on any atom is -0.487 e. The van der Waals surface area contributed by atoms with E-state index in [1.165, 1.54) is 0 Å². The second-order valence-electron chi connectivity index (χ2n) is 8.05. The van der Waals surface area contributed by atoms with Gasteiger partial charge in [-0.15, -0.1) is 0 Å². The molecule has 0 unspecified atom stereocenters. The summed E-state index contributed by atoms with van der Waals surface area (Å²) < 4.78 is 11.8. The fourth-order valence-corrected chi connectivity index (χ4v) is 4.21. The Morgan fingerprint density at radius 1 is 1.06 bits per heavy atom. The molecule has 8 heteroatoms. The van der Waals surface area contributed by atoms with Crippen molar-refractivity contribution >= 4 is 51.8 Å². The first-order chi connectivity index (χ1) is 17.4. The van der Waals surface area contributed by atoms with Crippen LogP contribution in [0, 0.1) is 6.92 Å². The van der Waals surface area contributed by atoms with Crippen molar-refractivity contribution in [1.82, 2.24) is 10.3 Å². The van der Waals surface area contributed by atoms with Crippen LogP contribution >= 0.6 is 23.2 Å². The first kappa shape index (κ1) is 25.4. The van der Waals surface area contributed by atoms with Crippen molar-refractivity contribution in [3.05, 3.63) is 99.2 Å². The minimum atomic E-state index is -0.317. The maximum atomic E-state index is 12.7. The number of benzene rings is 3. The third-order valence-corrected chi connectivity index (χ3v) is 6.24. The van der Waals surface area contributed by atoms with Gasteiger partial charge in [-0.2, -0.15) is 0 Å². The molecule has 184 valence electrons. The van der Waals surface area contributed by atoms with Crippen LogP contribution in [0.2, 0.25) is 10.0 Å². The molecule has 3 aromatic carbocycles. The first-order valence-corrected chi connectivity index (χ1v) is 12.0. The number of aromatic nitrogens is 1. The Morgan fingerprint density at radius 3 is 2.69 bits per heavy atom. The zero-order valence-corrected chi connectivity index (χ0v) is 21.4. The lowest BCUT2D eigenvalue weighted by molar-refractivity contribution is 0.0919. The van der Waals surface area contributed by atoms with Crippen LogP contribution in [-0.2, 0) is 6.61 Å². The molecule has 1 amide bonds. The Balaban J connectivity index is 1.46. The van der Waals surface area contributed by atoms with Gasteiger partial charge in [0.05, 0.1) is 5.02 Å². The molecule has 0 aliphatic rings. The number of carbonyl (C=O) groups excluding carboxylic acids is 1. The number of anilines is 1. The number of pyridine rings is 1. The van der Waals surface area contributed by atoms with Crippen LogP contribution in [0.4, 0.5) is 5.69 Å². The van der Waals surface area contributed by atoms with Crippen LogP contribution in [0.25, 0.3) is 17.0 Å². The van der Waals surface area contributed by atoms with Gasteiger partial charge in [0.15, 0.2) is 6.73 Å². The van der Waals surface area contributed by atoms with Gasteiger partial charge in [0.1, 0.15) is 23.6 Å². The van der Waals surface area contributed by atoms with Crippen LogP contribution < -0.4 is 20.5 Å². The lowest BCUT2D eigenvalue weighted by atomic mass is 10.1. The first-order valence-electron chi connectivity index (χ1n) is 11.3. The predicted octanol–water partition coefficient (Wildman–Crippen LogP) is 6.81. The van der Waals surface area contributed by atoms with Crippen molar-refractivity contribution in [2.75, 3.05) is 12.5 Å². The highest BCUT2D eigenvalue weighted by atomic mass is 35.5. The van der Waals surface area contributed by atoms with E-state index in [0.29, 0.717) is 38.4 Å².